The Kier molecular flexibility index (Phi) is 3.73. The first kappa shape index (κ1) is 12.7. The molecule has 1 heterocycles. The Balaban J connectivity index is 2.11. The fraction of sp³-hybridized carbons (Fsp3) is 0.200. The first-order valence-corrected chi connectivity index (χ1v) is 6.07. The third-order valence-corrected chi connectivity index (χ3v) is 3.23. The quantitative estimate of drug-likeness (QED) is 0.637. The number of nitro groups is 1. The Morgan fingerprint density at radius 3 is 2.89 bits per heavy atom. The summed E-state index contributed by atoms with van der Waals surface area (Å²) in [6.07, 6.45) is 0. The van der Waals surface area contributed by atoms with Crippen molar-refractivity contribution in [2.24, 2.45) is 0 Å². The Morgan fingerprint density at radius 2 is 2.33 bits per heavy atom. The molecule has 0 unspecified atom stereocenters. The minimum atomic E-state index is -0.446. The van der Waals surface area contributed by atoms with Gasteiger partial charge in [0.2, 0.25) is 0 Å². The van der Waals surface area contributed by atoms with Crippen LogP contribution in [0.5, 0.6) is 5.75 Å². The van der Waals surface area contributed by atoms with Gasteiger partial charge in [0.25, 0.3) is 5.69 Å². The lowest BCUT2D eigenvalue weighted by atomic mass is 10.2. The SMILES string of the molecule is Cc1cc([N+](=O)[O-])ccc1OCc1nnsc1Cl. The van der Waals surface area contributed by atoms with Crippen LogP contribution in [0.4, 0.5) is 5.69 Å². The van der Waals surface area contributed by atoms with Gasteiger partial charge in [-0.1, -0.05) is 16.1 Å². The first-order chi connectivity index (χ1) is 8.58. The highest BCUT2D eigenvalue weighted by atomic mass is 35.5. The van der Waals surface area contributed by atoms with Crippen LogP contribution in [0, 0.1) is 17.0 Å². The normalized spacial score (nSPS) is 10.3. The van der Waals surface area contributed by atoms with E-state index in [2.05, 4.69) is 9.59 Å². The van der Waals surface area contributed by atoms with Gasteiger partial charge >= 0.3 is 0 Å². The average Bonchev–Trinajstić information content (AvgIpc) is 2.73. The van der Waals surface area contributed by atoms with Crippen molar-refractivity contribution in [2.45, 2.75) is 13.5 Å². The van der Waals surface area contributed by atoms with Gasteiger partial charge in [0.05, 0.1) is 4.92 Å². The van der Waals surface area contributed by atoms with Crippen LogP contribution < -0.4 is 4.74 Å². The van der Waals surface area contributed by atoms with Crippen LogP contribution in [-0.4, -0.2) is 14.5 Å². The van der Waals surface area contributed by atoms with Crippen molar-refractivity contribution in [2.75, 3.05) is 0 Å². The highest BCUT2D eigenvalue weighted by Crippen LogP contribution is 2.25. The average molecular weight is 286 g/mol. The lowest BCUT2D eigenvalue weighted by Gasteiger charge is -2.07. The number of ether oxygens (including phenoxy) is 1. The molecule has 0 spiro atoms. The molecule has 0 saturated carbocycles. The van der Waals surface area contributed by atoms with E-state index < -0.39 is 4.92 Å². The third-order valence-electron chi connectivity index (χ3n) is 2.24. The van der Waals surface area contributed by atoms with Gasteiger partial charge in [-0.3, -0.25) is 10.1 Å². The smallest absolute Gasteiger partial charge is 0.269 e. The van der Waals surface area contributed by atoms with Crippen molar-refractivity contribution >= 4 is 28.8 Å². The molecule has 0 bridgehead atoms. The van der Waals surface area contributed by atoms with Gasteiger partial charge in [0.1, 0.15) is 22.4 Å². The summed E-state index contributed by atoms with van der Waals surface area (Å²) in [5, 5.41) is 14.4. The molecule has 0 atom stereocenters. The zero-order valence-electron chi connectivity index (χ0n) is 9.29. The summed E-state index contributed by atoms with van der Waals surface area (Å²) < 4.78 is 9.66. The molecular weight excluding hydrogens is 278 g/mol. The number of rotatable bonds is 4. The maximum Gasteiger partial charge on any atom is 0.269 e. The largest absolute Gasteiger partial charge is 0.487 e. The van der Waals surface area contributed by atoms with E-state index in [1.165, 1.54) is 12.1 Å². The van der Waals surface area contributed by atoms with Crippen molar-refractivity contribution in [3.05, 3.63) is 43.9 Å². The summed E-state index contributed by atoms with van der Waals surface area (Å²) in [6, 6.07) is 4.40. The fourth-order valence-corrected chi connectivity index (χ4v) is 1.94. The highest BCUT2D eigenvalue weighted by molar-refractivity contribution is 7.10. The van der Waals surface area contributed by atoms with Crippen LogP contribution >= 0.6 is 23.1 Å². The molecule has 0 aliphatic heterocycles. The van der Waals surface area contributed by atoms with E-state index in [1.54, 1.807) is 13.0 Å². The number of hydrogen-bond donors (Lipinski definition) is 0. The van der Waals surface area contributed by atoms with Crippen molar-refractivity contribution in [3.63, 3.8) is 0 Å². The number of nitrogens with zero attached hydrogens (tertiary/aromatic N) is 3. The van der Waals surface area contributed by atoms with E-state index in [9.17, 15) is 10.1 Å². The number of aryl methyl sites for hydroxylation is 1. The maximum atomic E-state index is 10.6. The molecule has 94 valence electrons. The predicted octanol–water partition coefficient (Wildman–Crippen LogP) is 2.99. The zero-order valence-corrected chi connectivity index (χ0v) is 10.9. The Bertz CT molecular complexity index is 587. The molecule has 6 nitrogen and oxygen atoms in total. The second kappa shape index (κ2) is 5.28. The van der Waals surface area contributed by atoms with Crippen LogP contribution in [0.2, 0.25) is 4.34 Å². The molecule has 0 radical (unpaired) electrons. The number of halogens is 1. The van der Waals surface area contributed by atoms with Crippen molar-refractivity contribution in [3.8, 4) is 5.75 Å². The monoisotopic (exact) mass is 285 g/mol. The van der Waals surface area contributed by atoms with Gasteiger partial charge in [-0.25, -0.2) is 0 Å². The predicted molar refractivity (Wildman–Crippen MR) is 67.1 cm³/mol. The van der Waals surface area contributed by atoms with Crippen molar-refractivity contribution in [1.82, 2.24) is 9.59 Å². The first-order valence-electron chi connectivity index (χ1n) is 4.92. The van der Waals surface area contributed by atoms with Gasteiger partial charge in [0, 0.05) is 23.7 Å². The molecule has 2 aromatic rings. The fourth-order valence-electron chi connectivity index (χ4n) is 1.34. The summed E-state index contributed by atoms with van der Waals surface area (Å²) in [5.41, 5.74) is 1.27. The molecule has 0 saturated heterocycles. The molecule has 0 N–H and O–H groups in total. The number of non-ortho nitro benzene ring substituents is 1. The van der Waals surface area contributed by atoms with Crippen LogP contribution in [0.1, 0.15) is 11.3 Å². The molecule has 0 aliphatic carbocycles. The molecule has 0 amide bonds. The maximum absolute atomic E-state index is 10.6. The summed E-state index contributed by atoms with van der Waals surface area (Å²) in [4.78, 5) is 10.1. The minimum Gasteiger partial charge on any atom is -0.487 e. The van der Waals surface area contributed by atoms with Crippen molar-refractivity contribution < 1.29 is 9.66 Å². The van der Waals surface area contributed by atoms with Crippen molar-refractivity contribution in [1.29, 1.82) is 0 Å². The molecule has 0 fully saturated rings. The van der Waals surface area contributed by atoms with Gasteiger partial charge in [-0.2, -0.15) is 0 Å². The molecule has 8 heteroatoms. The van der Waals surface area contributed by atoms with Crippen LogP contribution in [-0.2, 0) is 6.61 Å². The van der Waals surface area contributed by atoms with Crippen LogP contribution in [0.15, 0.2) is 18.2 Å². The number of hydrogen-bond acceptors (Lipinski definition) is 6. The highest BCUT2D eigenvalue weighted by Gasteiger charge is 2.10. The number of aromatic nitrogens is 2. The third kappa shape index (κ3) is 2.74. The van der Waals surface area contributed by atoms with E-state index in [-0.39, 0.29) is 12.3 Å². The standard InChI is InChI=1S/C10H8ClN3O3S/c1-6-4-7(14(15)16)2-3-9(6)17-5-8-10(11)18-13-12-8/h2-4H,5H2,1H3. The van der Waals surface area contributed by atoms with Gasteiger partial charge in [0.15, 0.2) is 0 Å². The van der Waals surface area contributed by atoms with E-state index in [0.29, 0.717) is 21.3 Å². The molecule has 18 heavy (non-hydrogen) atoms. The lowest BCUT2D eigenvalue weighted by Crippen LogP contribution is -1.99. The van der Waals surface area contributed by atoms with E-state index in [4.69, 9.17) is 16.3 Å². The molecule has 0 aliphatic rings. The van der Waals surface area contributed by atoms with Gasteiger partial charge in [-0.15, -0.1) is 5.10 Å². The molecular formula is C10H8ClN3O3S. The second-order valence-electron chi connectivity index (χ2n) is 3.49. The summed E-state index contributed by atoms with van der Waals surface area (Å²) in [5.74, 6) is 0.560. The van der Waals surface area contributed by atoms with Gasteiger partial charge in [-0.05, 0) is 18.6 Å². The topological polar surface area (TPSA) is 78.2 Å². The zero-order chi connectivity index (χ0) is 13.1. The summed E-state index contributed by atoms with van der Waals surface area (Å²) >= 11 is 6.92. The van der Waals surface area contributed by atoms with E-state index in [0.717, 1.165) is 11.5 Å². The molecule has 2 rings (SSSR count). The summed E-state index contributed by atoms with van der Waals surface area (Å²) in [7, 11) is 0. The number of nitro benzene ring substituents is 1. The second-order valence-corrected chi connectivity index (χ2v) is 4.85. The van der Waals surface area contributed by atoms with E-state index in [1.807, 2.05) is 0 Å². The van der Waals surface area contributed by atoms with E-state index >= 15 is 0 Å². The Morgan fingerprint density at radius 1 is 1.56 bits per heavy atom. The Labute approximate surface area is 111 Å². The van der Waals surface area contributed by atoms with Crippen LogP contribution in [0.3, 0.4) is 0 Å². The number of benzene rings is 1. The molecule has 1 aromatic heterocycles. The van der Waals surface area contributed by atoms with Gasteiger partial charge < -0.3 is 4.74 Å². The van der Waals surface area contributed by atoms with Crippen LogP contribution in [0.25, 0.3) is 0 Å². The summed E-state index contributed by atoms with van der Waals surface area (Å²) in [6.45, 7) is 1.93. The Hall–Kier alpha value is -1.73. The minimum absolute atomic E-state index is 0.0354. The lowest BCUT2D eigenvalue weighted by molar-refractivity contribution is -0.384. The molecule has 1 aromatic carbocycles.